The largest absolute Gasteiger partial charge is 0.367 e. The second-order valence-corrected chi connectivity index (χ2v) is 10.5. The minimum Gasteiger partial charge on any atom is -0.367 e. The summed E-state index contributed by atoms with van der Waals surface area (Å²) in [7, 11) is 1.59. The van der Waals surface area contributed by atoms with Gasteiger partial charge in [0.05, 0.1) is 11.4 Å². The fourth-order valence-electron chi connectivity index (χ4n) is 3.91. The zero-order chi connectivity index (χ0) is 26.0. The Balaban J connectivity index is 1.73. The maximum Gasteiger partial charge on any atom is 0.270 e. The van der Waals surface area contributed by atoms with Crippen LogP contribution in [-0.2, 0) is 24.9 Å². The first-order valence-corrected chi connectivity index (χ1v) is 12.7. The lowest BCUT2D eigenvalue weighted by Gasteiger charge is -2.18. The van der Waals surface area contributed by atoms with Gasteiger partial charge in [-0.1, -0.05) is 83.6 Å². The number of nitriles is 1. The number of hydrogen-bond acceptors (Lipinski definition) is 6. The van der Waals surface area contributed by atoms with Crippen LogP contribution in [0.2, 0.25) is 5.02 Å². The summed E-state index contributed by atoms with van der Waals surface area (Å²) in [5, 5.41) is 13.5. The molecule has 36 heavy (non-hydrogen) atoms. The van der Waals surface area contributed by atoms with E-state index in [9.17, 15) is 14.9 Å². The Hall–Kier alpha value is -3.38. The van der Waals surface area contributed by atoms with Crippen molar-refractivity contribution in [2.45, 2.75) is 26.9 Å². The monoisotopic (exact) mass is 534 g/mol. The molecule has 1 aliphatic rings. The average molecular weight is 535 g/mol. The van der Waals surface area contributed by atoms with Crippen LogP contribution in [-0.4, -0.2) is 19.7 Å². The van der Waals surface area contributed by atoms with Crippen molar-refractivity contribution >= 4 is 57.7 Å². The van der Waals surface area contributed by atoms with Crippen molar-refractivity contribution in [1.29, 1.82) is 5.26 Å². The highest BCUT2D eigenvalue weighted by Crippen LogP contribution is 2.36. The maximum atomic E-state index is 13.3. The van der Waals surface area contributed by atoms with Crippen LogP contribution in [0.4, 0.5) is 5.82 Å². The van der Waals surface area contributed by atoms with Gasteiger partial charge in [-0.05, 0) is 42.7 Å². The molecule has 0 aliphatic carbocycles. The van der Waals surface area contributed by atoms with Gasteiger partial charge in [-0.3, -0.25) is 19.1 Å². The SMILES string of the molecule is Cc1ccc(CN2C(=O)/C(=C\c3c(C)c(C#N)c(=O)n(C)c3NCc3ccccc3Cl)SC2=S)cc1. The number of pyridine rings is 1. The molecule has 182 valence electrons. The van der Waals surface area contributed by atoms with E-state index in [-0.39, 0.29) is 11.5 Å². The first-order chi connectivity index (χ1) is 17.2. The van der Waals surface area contributed by atoms with E-state index in [1.807, 2.05) is 55.5 Å². The van der Waals surface area contributed by atoms with Crippen LogP contribution in [0.1, 0.15) is 33.4 Å². The van der Waals surface area contributed by atoms with Crippen molar-refractivity contribution in [1.82, 2.24) is 9.47 Å². The zero-order valence-corrected chi connectivity index (χ0v) is 22.4. The molecule has 2 heterocycles. The van der Waals surface area contributed by atoms with Gasteiger partial charge in [-0.15, -0.1) is 0 Å². The Bertz CT molecular complexity index is 1500. The molecule has 0 unspecified atom stereocenters. The van der Waals surface area contributed by atoms with Crippen molar-refractivity contribution in [2.75, 3.05) is 5.32 Å². The molecule has 1 N–H and O–H groups in total. The third kappa shape index (κ3) is 5.09. The summed E-state index contributed by atoms with van der Waals surface area (Å²) < 4.78 is 1.85. The van der Waals surface area contributed by atoms with Crippen LogP contribution in [0.15, 0.2) is 58.2 Å². The van der Waals surface area contributed by atoms with Gasteiger partial charge < -0.3 is 5.32 Å². The molecular weight excluding hydrogens is 512 g/mol. The first kappa shape index (κ1) is 25.7. The van der Waals surface area contributed by atoms with E-state index in [0.29, 0.717) is 44.3 Å². The Labute approximate surface area is 224 Å². The van der Waals surface area contributed by atoms with Crippen LogP contribution in [0.25, 0.3) is 6.08 Å². The highest BCUT2D eigenvalue weighted by molar-refractivity contribution is 8.26. The molecule has 0 saturated carbocycles. The highest BCUT2D eigenvalue weighted by atomic mass is 35.5. The molecular formula is C27H23ClN4O2S2. The summed E-state index contributed by atoms with van der Waals surface area (Å²) in [6.07, 6.45) is 1.71. The number of carbonyl (C=O) groups excluding carboxylic acids is 1. The van der Waals surface area contributed by atoms with Gasteiger partial charge in [0.15, 0.2) is 0 Å². The van der Waals surface area contributed by atoms with Gasteiger partial charge in [-0.2, -0.15) is 5.26 Å². The lowest BCUT2D eigenvalue weighted by molar-refractivity contribution is -0.122. The fourth-order valence-corrected chi connectivity index (χ4v) is 5.35. The smallest absolute Gasteiger partial charge is 0.270 e. The van der Waals surface area contributed by atoms with Crippen LogP contribution < -0.4 is 10.9 Å². The molecule has 0 bridgehead atoms. The summed E-state index contributed by atoms with van der Waals surface area (Å²) >= 11 is 13.0. The zero-order valence-electron chi connectivity index (χ0n) is 20.0. The Morgan fingerprint density at radius 3 is 2.50 bits per heavy atom. The third-order valence-electron chi connectivity index (χ3n) is 6.01. The summed E-state index contributed by atoms with van der Waals surface area (Å²) in [5.74, 6) is 0.273. The van der Waals surface area contributed by atoms with Crippen molar-refractivity contribution < 1.29 is 4.79 Å². The molecule has 0 spiro atoms. The number of rotatable bonds is 6. The number of benzene rings is 2. The molecule has 0 radical (unpaired) electrons. The number of hydrogen-bond donors (Lipinski definition) is 1. The number of amides is 1. The number of halogens is 1. The topological polar surface area (TPSA) is 78.1 Å². The molecule has 1 amide bonds. The van der Waals surface area contributed by atoms with Crippen LogP contribution in [0, 0.1) is 25.2 Å². The molecule has 3 aromatic rings. The van der Waals surface area contributed by atoms with Gasteiger partial charge in [0.1, 0.15) is 21.8 Å². The summed E-state index contributed by atoms with van der Waals surface area (Å²) in [6.45, 7) is 4.44. The first-order valence-electron chi connectivity index (χ1n) is 11.1. The molecule has 1 aromatic heterocycles. The minimum absolute atomic E-state index is 0.0298. The normalized spacial score (nSPS) is 14.4. The lowest BCUT2D eigenvalue weighted by Crippen LogP contribution is -2.27. The van der Waals surface area contributed by atoms with Crippen LogP contribution >= 0.6 is 35.6 Å². The third-order valence-corrected chi connectivity index (χ3v) is 7.76. The standard InChI is InChI=1S/C27H23ClN4O2S2/c1-16-8-10-18(11-9-16)15-32-26(34)23(36-27(32)35)12-20-17(2)21(13-29)25(33)31(3)24(20)30-14-19-6-4-5-7-22(19)28/h4-12,30H,14-15H2,1-3H3/b23-12+. The highest BCUT2D eigenvalue weighted by Gasteiger charge is 2.32. The Kier molecular flexibility index (Phi) is 7.65. The number of thioether (sulfide) groups is 1. The van der Waals surface area contributed by atoms with Gasteiger partial charge in [0, 0.05) is 24.2 Å². The van der Waals surface area contributed by atoms with E-state index < -0.39 is 5.56 Å². The molecule has 1 saturated heterocycles. The van der Waals surface area contributed by atoms with E-state index in [0.717, 1.165) is 16.7 Å². The maximum absolute atomic E-state index is 13.3. The van der Waals surface area contributed by atoms with Crippen molar-refractivity contribution in [3.8, 4) is 6.07 Å². The second-order valence-electron chi connectivity index (χ2n) is 8.44. The molecule has 1 aliphatic heterocycles. The van der Waals surface area contributed by atoms with E-state index in [1.54, 1.807) is 31.0 Å². The van der Waals surface area contributed by atoms with Crippen molar-refractivity contribution in [3.05, 3.63) is 102 Å². The van der Waals surface area contributed by atoms with E-state index in [2.05, 4.69) is 5.32 Å². The molecule has 9 heteroatoms. The van der Waals surface area contributed by atoms with E-state index in [1.165, 1.54) is 16.3 Å². The predicted molar refractivity (Wildman–Crippen MR) is 150 cm³/mol. The van der Waals surface area contributed by atoms with E-state index >= 15 is 0 Å². The number of thiocarbonyl (C=S) groups is 1. The fraction of sp³-hybridized carbons (Fsp3) is 0.185. The molecule has 4 rings (SSSR count). The summed E-state index contributed by atoms with van der Waals surface area (Å²) in [4.78, 5) is 28.2. The average Bonchev–Trinajstić information content (AvgIpc) is 3.12. The Morgan fingerprint density at radius 1 is 1.14 bits per heavy atom. The van der Waals surface area contributed by atoms with Crippen molar-refractivity contribution in [3.63, 3.8) is 0 Å². The van der Waals surface area contributed by atoms with Crippen LogP contribution in [0.3, 0.4) is 0 Å². The molecule has 1 fully saturated rings. The summed E-state index contributed by atoms with van der Waals surface area (Å²) in [5.41, 5.74) is 3.65. The number of nitrogens with one attached hydrogen (secondary N) is 1. The van der Waals surface area contributed by atoms with Crippen LogP contribution in [0.5, 0.6) is 0 Å². The summed E-state index contributed by atoms with van der Waals surface area (Å²) in [6, 6.07) is 17.4. The molecule has 6 nitrogen and oxygen atoms in total. The second kappa shape index (κ2) is 10.7. The number of carbonyl (C=O) groups is 1. The molecule has 0 atom stereocenters. The van der Waals surface area contributed by atoms with Gasteiger partial charge in [-0.25, -0.2) is 0 Å². The Morgan fingerprint density at radius 2 is 1.83 bits per heavy atom. The number of aryl methyl sites for hydroxylation is 1. The number of aromatic nitrogens is 1. The van der Waals surface area contributed by atoms with E-state index in [4.69, 9.17) is 23.8 Å². The quantitative estimate of drug-likeness (QED) is 0.330. The number of nitrogens with zero attached hydrogens (tertiary/aromatic N) is 3. The van der Waals surface area contributed by atoms with Gasteiger partial charge in [0.2, 0.25) is 0 Å². The number of anilines is 1. The van der Waals surface area contributed by atoms with Gasteiger partial charge >= 0.3 is 0 Å². The lowest BCUT2D eigenvalue weighted by atomic mass is 10.0. The van der Waals surface area contributed by atoms with Gasteiger partial charge in [0.25, 0.3) is 11.5 Å². The molecule has 2 aromatic carbocycles. The van der Waals surface area contributed by atoms with Crippen molar-refractivity contribution in [2.24, 2.45) is 7.05 Å². The minimum atomic E-state index is -0.416. The predicted octanol–water partition coefficient (Wildman–Crippen LogP) is 5.54.